The van der Waals surface area contributed by atoms with Crippen molar-refractivity contribution < 1.29 is 14.3 Å². The molecule has 2 bridgehead atoms. The fourth-order valence-electron chi connectivity index (χ4n) is 4.82. The summed E-state index contributed by atoms with van der Waals surface area (Å²) in [6, 6.07) is 7.85. The molecule has 0 aliphatic heterocycles. The summed E-state index contributed by atoms with van der Waals surface area (Å²) in [6.45, 7) is 5.69. The second-order valence-electron chi connectivity index (χ2n) is 8.91. The van der Waals surface area contributed by atoms with Crippen molar-refractivity contribution in [2.75, 3.05) is 0 Å². The lowest BCUT2D eigenvalue weighted by Gasteiger charge is -2.43. The Morgan fingerprint density at radius 3 is 2.28 bits per heavy atom. The Bertz CT molecular complexity index is 678. The van der Waals surface area contributed by atoms with E-state index >= 15 is 0 Å². The van der Waals surface area contributed by atoms with Gasteiger partial charge in [0.05, 0.1) is 18.6 Å². The Hall–Kier alpha value is -1.59. The molecule has 3 N–H and O–H groups in total. The van der Waals surface area contributed by atoms with Crippen LogP contribution in [0.25, 0.3) is 0 Å². The summed E-state index contributed by atoms with van der Waals surface area (Å²) in [5.74, 6) is 0.651. The first-order valence-electron chi connectivity index (χ1n) is 10.7. The third kappa shape index (κ3) is 6.19. The van der Waals surface area contributed by atoms with Crippen molar-refractivity contribution in [3.05, 3.63) is 35.4 Å². The zero-order chi connectivity index (χ0) is 20.3. The van der Waals surface area contributed by atoms with Gasteiger partial charge in [0.25, 0.3) is 0 Å². The molecule has 5 nitrogen and oxygen atoms in total. The van der Waals surface area contributed by atoms with E-state index in [1.807, 2.05) is 45.0 Å². The summed E-state index contributed by atoms with van der Waals surface area (Å²) in [6.07, 6.45) is 5.19. The number of halogens is 1. The molecule has 0 saturated heterocycles. The molecule has 2 fully saturated rings. The summed E-state index contributed by atoms with van der Waals surface area (Å²) in [7, 11) is 0. The van der Waals surface area contributed by atoms with Gasteiger partial charge in [-0.05, 0) is 63.9 Å². The topological polar surface area (TPSA) is 81.4 Å². The van der Waals surface area contributed by atoms with E-state index in [1.54, 1.807) is 0 Å². The van der Waals surface area contributed by atoms with Gasteiger partial charge in [0.1, 0.15) is 0 Å². The van der Waals surface area contributed by atoms with Gasteiger partial charge in [-0.3, -0.25) is 9.59 Å². The number of carbonyl (C=O) groups excluding carboxylic acids is 2. The fraction of sp³-hybridized carbons (Fsp3) is 0.652. The van der Waals surface area contributed by atoms with E-state index in [4.69, 9.17) is 10.5 Å². The number of benzene rings is 1. The van der Waals surface area contributed by atoms with Gasteiger partial charge in [-0.2, -0.15) is 0 Å². The van der Waals surface area contributed by atoms with Gasteiger partial charge >= 0.3 is 5.97 Å². The maximum Gasteiger partial charge on any atom is 0.308 e. The molecule has 3 atom stereocenters. The second-order valence-corrected chi connectivity index (χ2v) is 8.91. The summed E-state index contributed by atoms with van der Waals surface area (Å²) >= 11 is 0. The quantitative estimate of drug-likeness (QED) is 0.677. The number of nitrogens with one attached hydrogen (secondary N) is 1. The molecule has 3 unspecified atom stereocenters. The first-order chi connectivity index (χ1) is 13.3. The fourth-order valence-corrected chi connectivity index (χ4v) is 4.82. The van der Waals surface area contributed by atoms with Crippen LogP contribution in [-0.4, -0.2) is 24.0 Å². The third-order valence-electron chi connectivity index (χ3n) is 6.32. The highest BCUT2D eigenvalue weighted by Gasteiger charge is 2.41. The third-order valence-corrected chi connectivity index (χ3v) is 6.32. The zero-order valence-corrected chi connectivity index (χ0v) is 18.5. The molecular weight excluding hydrogens is 388 g/mol. The van der Waals surface area contributed by atoms with Crippen molar-refractivity contribution in [2.24, 2.45) is 23.5 Å². The van der Waals surface area contributed by atoms with Crippen molar-refractivity contribution in [1.82, 2.24) is 5.32 Å². The van der Waals surface area contributed by atoms with E-state index in [-0.39, 0.29) is 54.8 Å². The predicted molar refractivity (Wildman–Crippen MR) is 117 cm³/mol. The van der Waals surface area contributed by atoms with Crippen molar-refractivity contribution in [3.8, 4) is 0 Å². The number of hydrogen-bond acceptors (Lipinski definition) is 4. The molecular formula is C23H35ClN2O3. The standard InChI is InChI=1S/C23H34N2O3.ClH/c1-14(2)28-21(26)13-20(16-9-7-15(3)8-10-16)25-23(27)19-11-17-5-4-6-18(12-19)22(17)24;/h7-10,14,17-20,22H,4-6,11-13,24H2,1-3H3,(H,25,27);1H. The lowest BCUT2D eigenvalue weighted by Crippen LogP contribution is -2.49. The van der Waals surface area contributed by atoms with Crippen LogP contribution in [0.15, 0.2) is 24.3 Å². The molecule has 6 heteroatoms. The molecule has 2 aliphatic carbocycles. The Balaban J connectivity index is 0.00000300. The van der Waals surface area contributed by atoms with E-state index in [0.29, 0.717) is 11.8 Å². The van der Waals surface area contributed by atoms with Crippen LogP contribution in [0.4, 0.5) is 0 Å². The van der Waals surface area contributed by atoms with Crippen molar-refractivity contribution in [1.29, 1.82) is 0 Å². The second kappa shape index (κ2) is 10.4. The molecule has 3 rings (SSSR count). The number of aryl methyl sites for hydroxylation is 1. The smallest absolute Gasteiger partial charge is 0.308 e. The maximum absolute atomic E-state index is 13.1. The molecule has 1 amide bonds. The number of fused-ring (bicyclic) bond motifs is 2. The van der Waals surface area contributed by atoms with Crippen molar-refractivity contribution >= 4 is 24.3 Å². The van der Waals surface area contributed by atoms with Gasteiger partial charge in [-0.1, -0.05) is 36.2 Å². The number of ether oxygens (including phenoxy) is 1. The van der Waals surface area contributed by atoms with Crippen molar-refractivity contribution in [2.45, 2.75) is 77.5 Å². The molecule has 0 aromatic heterocycles. The minimum atomic E-state index is -0.366. The zero-order valence-electron chi connectivity index (χ0n) is 17.7. The van der Waals surface area contributed by atoms with Gasteiger partial charge in [0, 0.05) is 12.0 Å². The lowest BCUT2D eigenvalue weighted by molar-refractivity contribution is -0.148. The van der Waals surface area contributed by atoms with Crippen LogP contribution in [-0.2, 0) is 14.3 Å². The van der Waals surface area contributed by atoms with Crippen LogP contribution in [0.1, 0.15) is 69.5 Å². The van der Waals surface area contributed by atoms with Crippen molar-refractivity contribution in [3.63, 3.8) is 0 Å². The maximum atomic E-state index is 13.1. The number of amides is 1. The van der Waals surface area contributed by atoms with Crippen LogP contribution in [0, 0.1) is 24.7 Å². The first kappa shape index (κ1) is 23.7. The first-order valence-corrected chi connectivity index (χ1v) is 10.7. The molecule has 29 heavy (non-hydrogen) atoms. The van der Waals surface area contributed by atoms with Crippen LogP contribution in [0.3, 0.4) is 0 Å². The molecule has 2 aliphatic rings. The number of esters is 1. The minimum absolute atomic E-state index is 0. The Morgan fingerprint density at radius 1 is 1.14 bits per heavy atom. The van der Waals surface area contributed by atoms with Gasteiger partial charge in [-0.25, -0.2) is 0 Å². The Labute approximate surface area is 180 Å². The van der Waals surface area contributed by atoms with Crippen LogP contribution >= 0.6 is 12.4 Å². The van der Waals surface area contributed by atoms with Crippen LogP contribution in [0.2, 0.25) is 0 Å². The average Bonchev–Trinajstić information content (AvgIpc) is 2.60. The molecule has 0 spiro atoms. The number of carbonyl (C=O) groups is 2. The van der Waals surface area contributed by atoms with Gasteiger partial charge in [0.2, 0.25) is 5.91 Å². The molecule has 1 aromatic rings. The van der Waals surface area contributed by atoms with E-state index in [0.717, 1.165) is 36.8 Å². The molecule has 0 heterocycles. The number of nitrogens with two attached hydrogens (primary N) is 1. The molecule has 162 valence electrons. The number of rotatable bonds is 6. The molecule has 2 saturated carbocycles. The summed E-state index contributed by atoms with van der Waals surface area (Å²) in [4.78, 5) is 25.4. The summed E-state index contributed by atoms with van der Waals surface area (Å²) in [5, 5.41) is 3.15. The highest BCUT2D eigenvalue weighted by Crippen LogP contribution is 2.42. The van der Waals surface area contributed by atoms with E-state index in [1.165, 1.54) is 6.42 Å². The SMILES string of the molecule is Cc1ccc(C(CC(=O)OC(C)C)NC(=O)C2CC3CCCC(C2)C3N)cc1.Cl. The van der Waals surface area contributed by atoms with E-state index < -0.39 is 0 Å². The van der Waals surface area contributed by atoms with Crippen LogP contribution in [0.5, 0.6) is 0 Å². The lowest BCUT2D eigenvalue weighted by atomic mass is 9.65. The average molecular weight is 423 g/mol. The molecule has 0 radical (unpaired) electrons. The van der Waals surface area contributed by atoms with Gasteiger partial charge in [0.15, 0.2) is 0 Å². The minimum Gasteiger partial charge on any atom is -0.463 e. The highest BCUT2D eigenvalue weighted by atomic mass is 35.5. The largest absolute Gasteiger partial charge is 0.463 e. The monoisotopic (exact) mass is 422 g/mol. The molecule has 1 aromatic carbocycles. The van der Waals surface area contributed by atoms with E-state index in [9.17, 15) is 9.59 Å². The van der Waals surface area contributed by atoms with Gasteiger partial charge < -0.3 is 15.8 Å². The summed E-state index contributed by atoms with van der Waals surface area (Å²) in [5.41, 5.74) is 8.46. The number of hydrogen-bond donors (Lipinski definition) is 2. The van der Waals surface area contributed by atoms with Crippen LogP contribution < -0.4 is 11.1 Å². The van der Waals surface area contributed by atoms with Gasteiger partial charge in [-0.15, -0.1) is 12.4 Å². The predicted octanol–water partition coefficient (Wildman–Crippen LogP) is 4.07. The Kier molecular flexibility index (Phi) is 8.53. The Morgan fingerprint density at radius 2 is 1.72 bits per heavy atom. The normalized spacial score (nSPS) is 26.9. The highest BCUT2D eigenvalue weighted by molar-refractivity contribution is 5.85. The van der Waals surface area contributed by atoms with E-state index in [2.05, 4.69) is 5.32 Å². The summed E-state index contributed by atoms with van der Waals surface area (Å²) < 4.78 is 5.32.